The van der Waals surface area contributed by atoms with E-state index in [0.717, 1.165) is 12.1 Å². The van der Waals surface area contributed by atoms with Gasteiger partial charge in [0.1, 0.15) is 17.3 Å². The number of benzene rings is 1. The van der Waals surface area contributed by atoms with E-state index in [2.05, 4.69) is 4.74 Å². The highest BCUT2D eigenvalue weighted by Crippen LogP contribution is 2.17. The summed E-state index contributed by atoms with van der Waals surface area (Å²) in [7, 11) is 1.20. The molecule has 0 aliphatic heterocycles. The fraction of sp³-hybridized carbons (Fsp3) is 0.222. The minimum atomic E-state index is -0.871. The van der Waals surface area contributed by atoms with Gasteiger partial charge >= 0.3 is 5.97 Å². The average Bonchev–Trinajstić information content (AvgIpc) is 2.14. The third-order valence-electron chi connectivity index (χ3n) is 1.71. The van der Waals surface area contributed by atoms with Crippen LogP contribution in [-0.4, -0.2) is 13.1 Å². The fourth-order valence-electron chi connectivity index (χ4n) is 0.978. The lowest BCUT2D eigenvalue weighted by atomic mass is 10.1. The molecule has 1 aromatic rings. The van der Waals surface area contributed by atoms with E-state index < -0.39 is 23.3 Å². The van der Waals surface area contributed by atoms with Gasteiger partial charge in [-0.2, -0.15) is 0 Å². The van der Waals surface area contributed by atoms with Crippen LogP contribution in [0.3, 0.4) is 0 Å². The molecule has 0 saturated carbocycles. The normalized spacial score (nSPS) is 9.93. The zero-order chi connectivity index (χ0) is 10.7. The minimum absolute atomic E-state index is 0.176. The number of nitrogens with two attached hydrogens (primary N) is 1. The first kappa shape index (κ1) is 10.4. The van der Waals surface area contributed by atoms with Crippen molar-refractivity contribution in [3.8, 4) is 0 Å². The molecular weight excluding hydrogens is 192 g/mol. The van der Waals surface area contributed by atoms with Crippen LogP contribution in [0.1, 0.15) is 5.56 Å². The Bertz CT molecular complexity index is 343. The maximum Gasteiger partial charge on any atom is 0.309 e. The summed E-state index contributed by atoms with van der Waals surface area (Å²) in [6.07, 6.45) is -0.176. The second-order valence-corrected chi connectivity index (χ2v) is 2.73. The summed E-state index contributed by atoms with van der Waals surface area (Å²) in [5.74, 6) is -2.30. The molecule has 0 atom stereocenters. The Morgan fingerprint density at radius 2 is 1.93 bits per heavy atom. The highest BCUT2D eigenvalue weighted by molar-refractivity contribution is 5.72. The molecule has 76 valence electrons. The Morgan fingerprint density at radius 3 is 2.36 bits per heavy atom. The van der Waals surface area contributed by atoms with Gasteiger partial charge in [-0.15, -0.1) is 0 Å². The average molecular weight is 201 g/mol. The predicted molar refractivity (Wildman–Crippen MR) is 46.5 cm³/mol. The van der Waals surface area contributed by atoms with Crippen molar-refractivity contribution in [2.24, 2.45) is 0 Å². The van der Waals surface area contributed by atoms with Crippen LogP contribution in [0.5, 0.6) is 0 Å². The number of halogens is 2. The molecule has 1 rings (SSSR count). The second-order valence-electron chi connectivity index (χ2n) is 2.73. The summed E-state index contributed by atoms with van der Waals surface area (Å²) in [5.41, 5.74) is 4.70. The lowest BCUT2D eigenvalue weighted by molar-refractivity contribution is -0.139. The SMILES string of the molecule is COC(=O)Cc1cc(F)c(N)c(F)c1. The van der Waals surface area contributed by atoms with Crippen molar-refractivity contribution in [1.82, 2.24) is 0 Å². The van der Waals surface area contributed by atoms with E-state index in [1.807, 2.05) is 0 Å². The van der Waals surface area contributed by atoms with Crippen LogP contribution < -0.4 is 5.73 Å². The van der Waals surface area contributed by atoms with E-state index in [-0.39, 0.29) is 12.0 Å². The molecule has 3 nitrogen and oxygen atoms in total. The van der Waals surface area contributed by atoms with Gasteiger partial charge in [0.25, 0.3) is 0 Å². The van der Waals surface area contributed by atoms with Crippen LogP contribution in [0.2, 0.25) is 0 Å². The number of carbonyl (C=O) groups is 1. The van der Waals surface area contributed by atoms with Crippen LogP contribution in [-0.2, 0) is 16.0 Å². The van der Waals surface area contributed by atoms with E-state index in [1.165, 1.54) is 7.11 Å². The molecule has 0 aliphatic rings. The molecule has 0 aromatic heterocycles. The number of nitrogen functional groups attached to an aromatic ring is 1. The third kappa shape index (κ3) is 2.18. The maximum absolute atomic E-state index is 12.9. The molecule has 0 fully saturated rings. The monoisotopic (exact) mass is 201 g/mol. The van der Waals surface area contributed by atoms with E-state index >= 15 is 0 Å². The quantitative estimate of drug-likeness (QED) is 0.579. The molecule has 14 heavy (non-hydrogen) atoms. The number of hydrogen-bond donors (Lipinski definition) is 1. The summed E-state index contributed by atoms with van der Waals surface area (Å²) in [5, 5.41) is 0. The molecule has 5 heteroatoms. The Kier molecular flexibility index (Phi) is 3.01. The van der Waals surface area contributed by atoms with E-state index in [1.54, 1.807) is 0 Å². The molecule has 0 aliphatic carbocycles. The van der Waals surface area contributed by atoms with E-state index in [4.69, 9.17) is 5.73 Å². The molecule has 0 radical (unpaired) electrons. The van der Waals surface area contributed by atoms with Gasteiger partial charge in [0, 0.05) is 0 Å². The van der Waals surface area contributed by atoms with Crippen LogP contribution in [0.4, 0.5) is 14.5 Å². The molecule has 2 N–H and O–H groups in total. The van der Waals surface area contributed by atoms with Crippen molar-refractivity contribution in [2.75, 3.05) is 12.8 Å². The van der Waals surface area contributed by atoms with Crippen LogP contribution >= 0.6 is 0 Å². The Morgan fingerprint density at radius 1 is 1.43 bits per heavy atom. The number of anilines is 1. The van der Waals surface area contributed by atoms with Gasteiger partial charge in [-0.25, -0.2) is 8.78 Å². The van der Waals surface area contributed by atoms with Crippen molar-refractivity contribution >= 4 is 11.7 Å². The summed E-state index contributed by atoms with van der Waals surface area (Å²) >= 11 is 0. The zero-order valence-electron chi connectivity index (χ0n) is 7.51. The molecule has 0 bridgehead atoms. The number of hydrogen-bond acceptors (Lipinski definition) is 3. The highest BCUT2D eigenvalue weighted by atomic mass is 19.1. The van der Waals surface area contributed by atoms with Crippen molar-refractivity contribution in [3.05, 3.63) is 29.3 Å². The summed E-state index contributed by atoms with van der Waals surface area (Å²) in [6.45, 7) is 0. The fourth-order valence-corrected chi connectivity index (χ4v) is 0.978. The molecular formula is C9H9F2NO2. The van der Waals surface area contributed by atoms with Crippen LogP contribution in [0.25, 0.3) is 0 Å². The van der Waals surface area contributed by atoms with Crippen molar-refractivity contribution < 1.29 is 18.3 Å². The van der Waals surface area contributed by atoms with Gasteiger partial charge in [0.05, 0.1) is 13.5 Å². The minimum Gasteiger partial charge on any atom is -0.469 e. The number of ether oxygens (including phenoxy) is 1. The first-order chi connectivity index (χ1) is 6.54. The third-order valence-corrected chi connectivity index (χ3v) is 1.71. The van der Waals surface area contributed by atoms with Crippen LogP contribution in [0.15, 0.2) is 12.1 Å². The van der Waals surface area contributed by atoms with Gasteiger partial charge in [0.2, 0.25) is 0 Å². The van der Waals surface area contributed by atoms with Gasteiger partial charge in [-0.3, -0.25) is 4.79 Å². The van der Waals surface area contributed by atoms with Gasteiger partial charge in [0.15, 0.2) is 0 Å². The van der Waals surface area contributed by atoms with E-state index in [0.29, 0.717) is 0 Å². The molecule has 0 amide bonds. The summed E-state index contributed by atoms with van der Waals surface area (Å²) in [4.78, 5) is 10.8. The molecule has 0 saturated heterocycles. The van der Waals surface area contributed by atoms with Gasteiger partial charge in [-0.05, 0) is 17.7 Å². The number of esters is 1. The van der Waals surface area contributed by atoms with E-state index in [9.17, 15) is 13.6 Å². The van der Waals surface area contributed by atoms with Crippen molar-refractivity contribution in [2.45, 2.75) is 6.42 Å². The van der Waals surface area contributed by atoms with Gasteiger partial charge in [-0.1, -0.05) is 0 Å². The number of carbonyl (C=O) groups excluding carboxylic acids is 1. The van der Waals surface area contributed by atoms with Gasteiger partial charge < -0.3 is 10.5 Å². The summed E-state index contributed by atoms with van der Waals surface area (Å²) in [6, 6.07) is 2.02. The standard InChI is InChI=1S/C9H9F2NO2/c1-14-8(13)4-5-2-6(10)9(12)7(11)3-5/h2-3H,4,12H2,1H3. The first-order valence-electron chi connectivity index (χ1n) is 3.84. The molecule has 0 heterocycles. The maximum atomic E-state index is 12.9. The molecule has 0 spiro atoms. The molecule has 1 aromatic carbocycles. The number of methoxy groups -OCH3 is 1. The first-order valence-corrected chi connectivity index (χ1v) is 3.84. The Balaban J connectivity index is 2.95. The largest absolute Gasteiger partial charge is 0.469 e. The summed E-state index contributed by atoms with van der Waals surface area (Å²) < 4.78 is 30.1. The second kappa shape index (κ2) is 4.04. The highest BCUT2D eigenvalue weighted by Gasteiger charge is 2.10. The number of rotatable bonds is 2. The topological polar surface area (TPSA) is 52.3 Å². The van der Waals surface area contributed by atoms with Crippen molar-refractivity contribution in [1.29, 1.82) is 0 Å². The molecule has 0 unspecified atom stereocenters. The lowest BCUT2D eigenvalue weighted by Crippen LogP contribution is -2.06. The zero-order valence-corrected chi connectivity index (χ0v) is 7.51. The van der Waals surface area contributed by atoms with Crippen LogP contribution in [0, 0.1) is 11.6 Å². The smallest absolute Gasteiger partial charge is 0.309 e. The lowest BCUT2D eigenvalue weighted by Gasteiger charge is -2.03. The Hall–Kier alpha value is -1.65. The predicted octanol–water partition coefficient (Wildman–Crippen LogP) is 1.26. The Labute approximate surface area is 79.5 Å². The van der Waals surface area contributed by atoms with Crippen molar-refractivity contribution in [3.63, 3.8) is 0 Å².